The van der Waals surface area contributed by atoms with Gasteiger partial charge in [-0.1, -0.05) is 5.92 Å². The van der Waals surface area contributed by atoms with E-state index >= 15 is 0 Å². The molecule has 1 aromatic carbocycles. The van der Waals surface area contributed by atoms with Crippen molar-refractivity contribution in [3.63, 3.8) is 0 Å². The summed E-state index contributed by atoms with van der Waals surface area (Å²) in [6.45, 7) is -0.00271. The van der Waals surface area contributed by atoms with Gasteiger partial charge in [0.2, 0.25) is 0 Å². The number of nitrogen functional groups attached to an aromatic ring is 1. The quantitative estimate of drug-likeness (QED) is 0.563. The third kappa shape index (κ3) is 2.23. The fourth-order valence-corrected chi connectivity index (χ4v) is 0.991. The normalized spacial score (nSPS) is 9.40. The molecule has 0 unspecified atom stereocenters. The molecule has 0 radical (unpaired) electrons. The van der Waals surface area contributed by atoms with Crippen LogP contribution >= 0.6 is 0 Å². The van der Waals surface area contributed by atoms with E-state index in [1.165, 1.54) is 0 Å². The number of rotatable bonds is 2. The molecule has 0 heterocycles. The summed E-state index contributed by atoms with van der Waals surface area (Å²) in [6.07, 6.45) is 4.92. The fraction of sp³-hybridized carbons (Fsp3) is 0.100. The molecular formula is C10H8F2N2O. The number of anilines is 1. The van der Waals surface area contributed by atoms with E-state index in [4.69, 9.17) is 12.2 Å². The standard InChI is InChI=1S/C10H8F2N2O/c1-2-5-14-10(15)6-3-4-7(11)8(12)9(6)13/h1,3-4H,5,13H2,(H,14,15). The third-order valence-corrected chi connectivity index (χ3v) is 1.73. The average molecular weight is 210 g/mol. The van der Waals surface area contributed by atoms with Crippen LogP contribution in [0.25, 0.3) is 0 Å². The Morgan fingerprint density at radius 3 is 2.80 bits per heavy atom. The molecule has 3 nitrogen and oxygen atoms in total. The molecule has 0 fully saturated rings. The maximum absolute atomic E-state index is 13.0. The van der Waals surface area contributed by atoms with Gasteiger partial charge in [0, 0.05) is 0 Å². The van der Waals surface area contributed by atoms with E-state index in [-0.39, 0.29) is 12.1 Å². The van der Waals surface area contributed by atoms with Gasteiger partial charge < -0.3 is 11.1 Å². The molecule has 1 rings (SSSR count). The number of nitrogens with two attached hydrogens (primary N) is 1. The van der Waals surface area contributed by atoms with Gasteiger partial charge in [0.05, 0.1) is 17.8 Å². The van der Waals surface area contributed by atoms with Gasteiger partial charge in [0.1, 0.15) is 0 Å². The Balaban J connectivity index is 3.01. The number of hydrogen-bond donors (Lipinski definition) is 2. The van der Waals surface area contributed by atoms with Crippen LogP contribution in [-0.2, 0) is 0 Å². The molecule has 78 valence electrons. The molecule has 0 bridgehead atoms. The number of terminal acetylenes is 1. The summed E-state index contributed by atoms with van der Waals surface area (Å²) in [5.41, 5.74) is 4.57. The van der Waals surface area contributed by atoms with Gasteiger partial charge >= 0.3 is 0 Å². The maximum Gasteiger partial charge on any atom is 0.254 e. The van der Waals surface area contributed by atoms with Gasteiger partial charge in [-0.05, 0) is 12.1 Å². The van der Waals surface area contributed by atoms with E-state index in [9.17, 15) is 13.6 Å². The zero-order valence-electron chi connectivity index (χ0n) is 7.68. The van der Waals surface area contributed by atoms with Crippen LogP contribution < -0.4 is 11.1 Å². The van der Waals surface area contributed by atoms with Crippen molar-refractivity contribution >= 4 is 11.6 Å². The second-order valence-electron chi connectivity index (χ2n) is 2.71. The Bertz CT molecular complexity index is 438. The predicted molar refractivity (Wildman–Crippen MR) is 51.9 cm³/mol. The van der Waals surface area contributed by atoms with Crippen LogP contribution in [0, 0.1) is 24.0 Å². The first-order valence-electron chi connectivity index (χ1n) is 4.03. The number of nitrogens with one attached hydrogen (secondary N) is 1. The Morgan fingerprint density at radius 2 is 2.20 bits per heavy atom. The molecule has 0 spiro atoms. The number of amides is 1. The van der Waals surface area contributed by atoms with Crippen LogP contribution in [-0.4, -0.2) is 12.5 Å². The van der Waals surface area contributed by atoms with Crippen molar-refractivity contribution < 1.29 is 13.6 Å². The van der Waals surface area contributed by atoms with E-state index < -0.39 is 23.2 Å². The van der Waals surface area contributed by atoms with Gasteiger partial charge in [0.25, 0.3) is 5.91 Å². The molecule has 15 heavy (non-hydrogen) atoms. The summed E-state index contributed by atoms with van der Waals surface area (Å²) >= 11 is 0. The minimum Gasteiger partial charge on any atom is -0.396 e. The third-order valence-electron chi connectivity index (χ3n) is 1.73. The summed E-state index contributed by atoms with van der Waals surface area (Å²) in [6, 6.07) is 1.93. The highest BCUT2D eigenvalue weighted by Crippen LogP contribution is 2.18. The van der Waals surface area contributed by atoms with Crippen LogP contribution in [0.4, 0.5) is 14.5 Å². The van der Waals surface area contributed by atoms with Gasteiger partial charge in [0.15, 0.2) is 11.6 Å². The van der Waals surface area contributed by atoms with Crippen molar-refractivity contribution in [3.8, 4) is 12.3 Å². The van der Waals surface area contributed by atoms with Crippen molar-refractivity contribution in [1.82, 2.24) is 5.32 Å². The lowest BCUT2D eigenvalue weighted by Crippen LogP contribution is -2.25. The number of benzene rings is 1. The summed E-state index contributed by atoms with van der Waals surface area (Å²) < 4.78 is 25.6. The lowest BCUT2D eigenvalue weighted by atomic mass is 10.1. The van der Waals surface area contributed by atoms with Gasteiger partial charge in [-0.25, -0.2) is 8.78 Å². The van der Waals surface area contributed by atoms with E-state index in [1.807, 2.05) is 0 Å². The Hall–Kier alpha value is -2.09. The second kappa shape index (κ2) is 4.42. The highest BCUT2D eigenvalue weighted by molar-refractivity contribution is 5.99. The lowest BCUT2D eigenvalue weighted by Gasteiger charge is -2.06. The first-order chi connectivity index (χ1) is 7.07. The Morgan fingerprint density at radius 1 is 1.53 bits per heavy atom. The Labute approximate surface area is 85.3 Å². The molecule has 0 saturated carbocycles. The van der Waals surface area contributed by atoms with Crippen LogP contribution in [0.1, 0.15) is 10.4 Å². The number of carbonyl (C=O) groups is 1. The molecule has 0 atom stereocenters. The van der Waals surface area contributed by atoms with Crippen molar-refractivity contribution in [3.05, 3.63) is 29.3 Å². The molecule has 0 aliphatic heterocycles. The van der Waals surface area contributed by atoms with Crippen LogP contribution in [0.15, 0.2) is 12.1 Å². The largest absolute Gasteiger partial charge is 0.396 e. The summed E-state index contributed by atoms with van der Waals surface area (Å²) in [5, 5.41) is 2.29. The summed E-state index contributed by atoms with van der Waals surface area (Å²) in [5.74, 6) is -0.791. The molecule has 0 aliphatic carbocycles. The average Bonchev–Trinajstić information content (AvgIpc) is 2.23. The first kappa shape index (κ1) is 11.0. The topological polar surface area (TPSA) is 55.1 Å². The molecule has 0 aromatic heterocycles. The van der Waals surface area contributed by atoms with Gasteiger partial charge in [-0.3, -0.25) is 4.79 Å². The van der Waals surface area contributed by atoms with Crippen LogP contribution in [0.3, 0.4) is 0 Å². The van der Waals surface area contributed by atoms with Crippen molar-refractivity contribution in [1.29, 1.82) is 0 Å². The Kier molecular flexibility index (Phi) is 3.24. The maximum atomic E-state index is 13.0. The van der Waals surface area contributed by atoms with Gasteiger partial charge in [-0.15, -0.1) is 6.42 Å². The summed E-state index contributed by atoms with van der Waals surface area (Å²) in [4.78, 5) is 11.3. The first-order valence-corrected chi connectivity index (χ1v) is 4.03. The molecule has 3 N–H and O–H groups in total. The molecule has 1 aromatic rings. The highest BCUT2D eigenvalue weighted by Gasteiger charge is 2.15. The SMILES string of the molecule is C#CCNC(=O)c1ccc(F)c(F)c1N. The van der Waals surface area contributed by atoms with E-state index in [0.717, 1.165) is 12.1 Å². The molecule has 0 aliphatic rings. The summed E-state index contributed by atoms with van der Waals surface area (Å²) in [7, 11) is 0. The molecule has 1 amide bonds. The number of carbonyl (C=O) groups excluding carboxylic acids is 1. The monoisotopic (exact) mass is 210 g/mol. The predicted octanol–water partition coefficient (Wildman–Crippen LogP) is 0.910. The molecule has 0 saturated heterocycles. The van der Waals surface area contributed by atoms with Crippen molar-refractivity contribution in [2.75, 3.05) is 12.3 Å². The minimum atomic E-state index is -1.23. The molecule has 5 heteroatoms. The van der Waals surface area contributed by atoms with Crippen molar-refractivity contribution in [2.24, 2.45) is 0 Å². The van der Waals surface area contributed by atoms with E-state index in [2.05, 4.69) is 11.2 Å². The molecular weight excluding hydrogens is 202 g/mol. The van der Waals surface area contributed by atoms with Crippen molar-refractivity contribution in [2.45, 2.75) is 0 Å². The lowest BCUT2D eigenvalue weighted by molar-refractivity contribution is 0.0959. The van der Waals surface area contributed by atoms with Crippen LogP contribution in [0.2, 0.25) is 0 Å². The van der Waals surface area contributed by atoms with E-state index in [0.29, 0.717) is 0 Å². The highest BCUT2D eigenvalue weighted by atomic mass is 19.2. The number of halogens is 2. The van der Waals surface area contributed by atoms with Gasteiger partial charge in [-0.2, -0.15) is 0 Å². The van der Waals surface area contributed by atoms with Crippen LogP contribution in [0.5, 0.6) is 0 Å². The minimum absolute atomic E-state index is 0.00271. The second-order valence-corrected chi connectivity index (χ2v) is 2.71. The number of hydrogen-bond acceptors (Lipinski definition) is 2. The fourth-order valence-electron chi connectivity index (χ4n) is 0.991. The smallest absolute Gasteiger partial charge is 0.254 e. The van der Waals surface area contributed by atoms with E-state index in [1.54, 1.807) is 0 Å². The zero-order chi connectivity index (χ0) is 11.4. The zero-order valence-corrected chi connectivity index (χ0v) is 7.68.